The lowest BCUT2D eigenvalue weighted by atomic mass is 10.2. The van der Waals surface area contributed by atoms with Crippen molar-refractivity contribution in [2.24, 2.45) is 0 Å². The number of ether oxygens (including phenoxy) is 1. The molecular weight excluding hydrogens is 246 g/mol. The van der Waals surface area contributed by atoms with Gasteiger partial charge in [-0.05, 0) is 12.1 Å². The zero-order chi connectivity index (χ0) is 12.8. The molecular formula is C11H8ClNO4. The summed E-state index contributed by atoms with van der Waals surface area (Å²) in [6.07, 6.45) is -0.113. The van der Waals surface area contributed by atoms with Crippen molar-refractivity contribution in [2.45, 2.75) is 6.42 Å². The number of aromatic carboxylic acids is 1. The number of carbonyl (C=O) groups excluding carboxylic acids is 1. The number of nitrogens with zero attached hydrogens (tertiary/aromatic N) is 1. The number of hydrogen-bond acceptors (Lipinski definition) is 4. The van der Waals surface area contributed by atoms with Gasteiger partial charge in [0.05, 0.1) is 12.7 Å². The summed E-state index contributed by atoms with van der Waals surface area (Å²) in [5.41, 5.74) is -0.0410. The molecule has 0 spiro atoms. The maximum atomic E-state index is 10.8. The molecule has 0 radical (unpaired) electrons. The molecule has 0 saturated carbocycles. The van der Waals surface area contributed by atoms with Crippen molar-refractivity contribution in [2.75, 3.05) is 7.11 Å². The minimum absolute atomic E-state index is 0.0703. The predicted molar refractivity (Wildman–Crippen MR) is 59.7 cm³/mol. The van der Waals surface area contributed by atoms with Crippen LogP contribution in [0.2, 0.25) is 5.15 Å². The van der Waals surface area contributed by atoms with Gasteiger partial charge >= 0.3 is 11.9 Å². The fourth-order valence-corrected chi connectivity index (χ4v) is 1.13. The maximum absolute atomic E-state index is 10.8. The van der Waals surface area contributed by atoms with Gasteiger partial charge in [-0.1, -0.05) is 23.4 Å². The van der Waals surface area contributed by atoms with Crippen molar-refractivity contribution < 1.29 is 19.4 Å². The molecule has 0 amide bonds. The van der Waals surface area contributed by atoms with Crippen molar-refractivity contribution in [3.8, 4) is 11.8 Å². The summed E-state index contributed by atoms with van der Waals surface area (Å²) in [6, 6.07) is 2.86. The minimum atomic E-state index is -1.23. The van der Waals surface area contributed by atoms with Gasteiger partial charge < -0.3 is 9.84 Å². The predicted octanol–water partition coefficient (Wildman–Crippen LogP) is 1.35. The van der Waals surface area contributed by atoms with Crippen LogP contribution in [-0.4, -0.2) is 29.1 Å². The minimum Gasteiger partial charge on any atom is -0.476 e. The molecule has 1 aromatic rings. The zero-order valence-corrected chi connectivity index (χ0v) is 9.61. The number of carboxylic acids is 1. The Morgan fingerprint density at radius 1 is 1.53 bits per heavy atom. The fraction of sp³-hybridized carbons (Fsp3) is 0.182. The summed E-state index contributed by atoms with van der Waals surface area (Å²) in [5.74, 6) is 3.31. The molecule has 1 N–H and O–H groups in total. The van der Waals surface area contributed by atoms with Gasteiger partial charge in [0, 0.05) is 0 Å². The van der Waals surface area contributed by atoms with Crippen LogP contribution in [0.3, 0.4) is 0 Å². The summed E-state index contributed by atoms with van der Waals surface area (Å²) < 4.78 is 4.39. The first-order chi connectivity index (χ1) is 8.04. The lowest BCUT2D eigenvalue weighted by molar-refractivity contribution is -0.139. The molecule has 0 fully saturated rings. The third kappa shape index (κ3) is 3.78. The number of hydrogen-bond donors (Lipinski definition) is 1. The Labute approximate surface area is 102 Å². The Morgan fingerprint density at radius 2 is 2.24 bits per heavy atom. The number of methoxy groups -OCH3 is 1. The molecule has 5 nitrogen and oxygen atoms in total. The van der Waals surface area contributed by atoms with Crippen LogP contribution in [0, 0.1) is 11.8 Å². The summed E-state index contributed by atoms with van der Waals surface area (Å²) in [7, 11) is 1.25. The number of rotatable bonds is 2. The number of aromatic nitrogens is 1. The molecule has 0 bridgehead atoms. The normalized spacial score (nSPS) is 9.06. The molecule has 88 valence electrons. The van der Waals surface area contributed by atoms with E-state index in [0.717, 1.165) is 0 Å². The highest BCUT2D eigenvalue weighted by molar-refractivity contribution is 6.29. The molecule has 1 rings (SSSR count). The Bertz CT molecular complexity index is 516. The topological polar surface area (TPSA) is 76.5 Å². The molecule has 0 saturated heterocycles. The smallest absolute Gasteiger partial charge is 0.355 e. The number of carbonyl (C=O) groups is 2. The Hall–Kier alpha value is -2.06. The Balaban J connectivity index is 2.98. The van der Waals surface area contributed by atoms with Crippen LogP contribution >= 0.6 is 11.6 Å². The van der Waals surface area contributed by atoms with E-state index in [1.165, 1.54) is 19.2 Å². The molecule has 0 unspecified atom stereocenters. The second kappa shape index (κ2) is 5.87. The SMILES string of the molecule is COC(=O)CC#Cc1ccc(Cl)nc1C(=O)O. The zero-order valence-electron chi connectivity index (χ0n) is 8.86. The van der Waals surface area contributed by atoms with Gasteiger partial charge in [-0.15, -0.1) is 0 Å². The number of esters is 1. The van der Waals surface area contributed by atoms with Gasteiger partial charge in [-0.2, -0.15) is 0 Å². The van der Waals surface area contributed by atoms with E-state index in [0.29, 0.717) is 0 Å². The van der Waals surface area contributed by atoms with Crippen LogP contribution in [-0.2, 0) is 9.53 Å². The standard InChI is InChI=1S/C11H8ClNO4/c1-17-9(14)4-2-3-7-5-6-8(12)13-10(7)11(15)16/h5-6H,4H2,1H3,(H,15,16). The van der Waals surface area contributed by atoms with Gasteiger partial charge in [0.25, 0.3) is 0 Å². The van der Waals surface area contributed by atoms with E-state index in [2.05, 4.69) is 21.6 Å². The summed E-state index contributed by atoms with van der Waals surface area (Å²) >= 11 is 5.57. The van der Waals surface area contributed by atoms with E-state index in [1.54, 1.807) is 0 Å². The van der Waals surface area contributed by atoms with Gasteiger partial charge in [-0.25, -0.2) is 9.78 Å². The number of halogens is 1. The highest BCUT2D eigenvalue weighted by atomic mass is 35.5. The van der Waals surface area contributed by atoms with Gasteiger partial charge in [0.15, 0.2) is 5.69 Å². The Kier molecular flexibility index (Phi) is 4.49. The molecule has 17 heavy (non-hydrogen) atoms. The Morgan fingerprint density at radius 3 is 2.82 bits per heavy atom. The number of carboxylic acid groups (broad SMARTS) is 1. The summed E-state index contributed by atoms with van der Waals surface area (Å²) in [4.78, 5) is 25.3. The lowest BCUT2D eigenvalue weighted by Gasteiger charge is -1.98. The van der Waals surface area contributed by atoms with Crippen molar-refractivity contribution in [3.63, 3.8) is 0 Å². The highest BCUT2D eigenvalue weighted by Gasteiger charge is 2.10. The maximum Gasteiger partial charge on any atom is 0.355 e. The summed E-state index contributed by atoms with van der Waals surface area (Å²) in [5, 5.41) is 8.93. The van der Waals surface area contributed by atoms with Gasteiger partial charge in [-0.3, -0.25) is 4.79 Å². The average Bonchev–Trinajstić information content (AvgIpc) is 2.30. The van der Waals surface area contributed by atoms with E-state index >= 15 is 0 Å². The van der Waals surface area contributed by atoms with E-state index in [1.807, 2.05) is 0 Å². The first-order valence-corrected chi connectivity index (χ1v) is 4.88. The first kappa shape index (κ1) is 13.0. The molecule has 6 heteroatoms. The van der Waals surface area contributed by atoms with Crippen molar-refractivity contribution in [1.82, 2.24) is 4.98 Å². The van der Waals surface area contributed by atoms with E-state index in [4.69, 9.17) is 16.7 Å². The molecule has 0 aliphatic heterocycles. The van der Waals surface area contributed by atoms with Crippen LogP contribution in [0.4, 0.5) is 0 Å². The van der Waals surface area contributed by atoms with Crippen molar-refractivity contribution >= 4 is 23.5 Å². The largest absolute Gasteiger partial charge is 0.476 e. The van der Waals surface area contributed by atoms with E-state index in [9.17, 15) is 9.59 Å². The highest BCUT2D eigenvalue weighted by Crippen LogP contribution is 2.10. The quantitative estimate of drug-likeness (QED) is 0.489. The monoisotopic (exact) mass is 253 g/mol. The fourth-order valence-electron chi connectivity index (χ4n) is 0.983. The second-order valence-electron chi connectivity index (χ2n) is 2.89. The van der Waals surface area contributed by atoms with Crippen LogP contribution in [0.25, 0.3) is 0 Å². The van der Waals surface area contributed by atoms with Crippen LogP contribution in [0.5, 0.6) is 0 Å². The summed E-state index contributed by atoms with van der Waals surface area (Å²) in [6.45, 7) is 0. The van der Waals surface area contributed by atoms with Gasteiger partial charge in [0.1, 0.15) is 11.6 Å². The second-order valence-corrected chi connectivity index (χ2v) is 3.28. The third-order valence-corrected chi connectivity index (χ3v) is 1.96. The van der Waals surface area contributed by atoms with Crippen LogP contribution in [0.15, 0.2) is 12.1 Å². The van der Waals surface area contributed by atoms with Crippen molar-refractivity contribution in [3.05, 3.63) is 28.5 Å². The molecule has 0 aromatic carbocycles. The van der Waals surface area contributed by atoms with E-state index in [-0.39, 0.29) is 22.8 Å². The van der Waals surface area contributed by atoms with Crippen LogP contribution < -0.4 is 0 Å². The molecule has 0 aliphatic carbocycles. The molecule has 1 aromatic heterocycles. The third-order valence-electron chi connectivity index (χ3n) is 1.75. The molecule has 0 atom stereocenters. The van der Waals surface area contributed by atoms with Crippen LogP contribution in [0.1, 0.15) is 22.5 Å². The van der Waals surface area contributed by atoms with Crippen molar-refractivity contribution in [1.29, 1.82) is 0 Å². The molecule has 1 heterocycles. The first-order valence-electron chi connectivity index (χ1n) is 4.50. The van der Waals surface area contributed by atoms with E-state index < -0.39 is 11.9 Å². The average molecular weight is 254 g/mol. The molecule has 0 aliphatic rings. The lowest BCUT2D eigenvalue weighted by Crippen LogP contribution is -2.04. The number of pyridine rings is 1. The van der Waals surface area contributed by atoms with Gasteiger partial charge in [0.2, 0.25) is 0 Å².